The van der Waals surface area contributed by atoms with E-state index in [2.05, 4.69) is 20.8 Å². The molecule has 17 heavy (non-hydrogen) atoms. The summed E-state index contributed by atoms with van der Waals surface area (Å²) in [7, 11) is 1.61. The van der Waals surface area contributed by atoms with Crippen molar-refractivity contribution in [1.82, 2.24) is 0 Å². The molecule has 0 aliphatic carbocycles. The van der Waals surface area contributed by atoms with Gasteiger partial charge < -0.3 is 9.84 Å². The summed E-state index contributed by atoms with van der Waals surface area (Å²) in [5, 5.41) is 8.73. The highest BCUT2D eigenvalue weighted by molar-refractivity contribution is 5.67. The Morgan fingerprint density at radius 3 is 2.47 bits per heavy atom. The summed E-state index contributed by atoms with van der Waals surface area (Å²) in [4.78, 5) is 10.6. The zero-order valence-electron chi connectivity index (χ0n) is 10.9. The summed E-state index contributed by atoms with van der Waals surface area (Å²) >= 11 is 0. The largest absolute Gasteiger partial charge is 0.496 e. The Labute approximate surface area is 102 Å². The highest BCUT2D eigenvalue weighted by Gasteiger charge is 2.16. The van der Waals surface area contributed by atoms with Crippen LogP contribution in [-0.2, 0) is 16.6 Å². The lowest BCUT2D eigenvalue weighted by Gasteiger charge is -2.21. The summed E-state index contributed by atoms with van der Waals surface area (Å²) in [6, 6.07) is 5.99. The summed E-state index contributed by atoms with van der Waals surface area (Å²) in [6.07, 6.45) is 0.631. The molecule has 94 valence electrons. The number of rotatable bonds is 4. The molecule has 0 unspecified atom stereocenters. The predicted octanol–water partition coefficient (Wildman–Crippen LogP) is 3.01. The van der Waals surface area contributed by atoms with Crippen molar-refractivity contribution in [2.24, 2.45) is 0 Å². The number of carboxylic acids is 1. The number of carbonyl (C=O) groups is 1. The number of benzene rings is 1. The molecule has 0 aliphatic heterocycles. The van der Waals surface area contributed by atoms with Crippen molar-refractivity contribution in [1.29, 1.82) is 0 Å². The van der Waals surface area contributed by atoms with Gasteiger partial charge in [0.2, 0.25) is 0 Å². The number of aliphatic carboxylic acids is 1. The van der Waals surface area contributed by atoms with Gasteiger partial charge in [-0.2, -0.15) is 0 Å². The Morgan fingerprint density at radius 1 is 1.35 bits per heavy atom. The molecule has 1 aromatic carbocycles. The van der Waals surface area contributed by atoms with Gasteiger partial charge in [0.05, 0.1) is 7.11 Å². The van der Waals surface area contributed by atoms with Crippen LogP contribution in [0.1, 0.15) is 38.3 Å². The van der Waals surface area contributed by atoms with Crippen LogP contribution in [0.5, 0.6) is 5.75 Å². The topological polar surface area (TPSA) is 46.5 Å². The van der Waals surface area contributed by atoms with E-state index >= 15 is 0 Å². The first-order chi connectivity index (χ1) is 7.84. The Kier molecular flexibility index (Phi) is 4.16. The first-order valence-corrected chi connectivity index (χ1v) is 5.74. The highest BCUT2D eigenvalue weighted by Crippen LogP contribution is 2.28. The van der Waals surface area contributed by atoms with Crippen molar-refractivity contribution in [2.45, 2.75) is 39.0 Å². The maximum atomic E-state index is 10.6. The molecular weight excluding hydrogens is 216 g/mol. The molecule has 0 atom stereocenters. The van der Waals surface area contributed by atoms with Gasteiger partial charge in [-0.25, -0.2) is 0 Å². The van der Waals surface area contributed by atoms with Gasteiger partial charge in [-0.05, 0) is 29.0 Å². The van der Waals surface area contributed by atoms with Crippen LogP contribution < -0.4 is 4.74 Å². The van der Waals surface area contributed by atoms with E-state index in [1.807, 2.05) is 18.2 Å². The first-order valence-electron chi connectivity index (χ1n) is 5.74. The average molecular weight is 236 g/mol. The molecular formula is C14H20O3. The highest BCUT2D eigenvalue weighted by atomic mass is 16.5. The van der Waals surface area contributed by atoms with Gasteiger partial charge >= 0.3 is 5.97 Å². The van der Waals surface area contributed by atoms with E-state index in [4.69, 9.17) is 9.84 Å². The minimum Gasteiger partial charge on any atom is -0.496 e. The van der Waals surface area contributed by atoms with Gasteiger partial charge in [-0.1, -0.05) is 32.9 Å². The minimum atomic E-state index is -0.784. The predicted molar refractivity (Wildman–Crippen MR) is 67.7 cm³/mol. The van der Waals surface area contributed by atoms with E-state index < -0.39 is 5.97 Å². The van der Waals surface area contributed by atoms with E-state index in [-0.39, 0.29) is 11.8 Å². The van der Waals surface area contributed by atoms with Crippen molar-refractivity contribution in [3.05, 3.63) is 29.3 Å². The van der Waals surface area contributed by atoms with Crippen molar-refractivity contribution >= 4 is 5.97 Å². The molecule has 1 rings (SSSR count). The van der Waals surface area contributed by atoms with Crippen molar-refractivity contribution in [3.63, 3.8) is 0 Å². The standard InChI is InChI=1S/C14H20O3/c1-14(2,3)11-6-7-12(17-4)10(9-11)5-8-13(15)16/h6-7,9H,5,8H2,1-4H3,(H,15,16). The molecule has 0 spiro atoms. The molecule has 0 bridgehead atoms. The van der Waals surface area contributed by atoms with Gasteiger partial charge in [0, 0.05) is 6.42 Å². The third-order valence-corrected chi connectivity index (χ3v) is 2.75. The van der Waals surface area contributed by atoms with Gasteiger partial charge in [0.1, 0.15) is 5.75 Å². The van der Waals surface area contributed by atoms with Crippen molar-refractivity contribution < 1.29 is 14.6 Å². The molecule has 1 aromatic rings. The van der Waals surface area contributed by atoms with Crippen LogP contribution in [0.4, 0.5) is 0 Å². The summed E-state index contributed by atoms with van der Waals surface area (Å²) in [5.41, 5.74) is 2.21. The van der Waals surface area contributed by atoms with Gasteiger partial charge in [-0.15, -0.1) is 0 Å². The molecule has 0 radical (unpaired) electrons. The fourth-order valence-electron chi connectivity index (χ4n) is 1.68. The molecule has 3 heteroatoms. The maximum absolute atomic E-state index is 10.6. The lowest BCUT2D eigenvalue weighted by atomic mass is 9.85. The quantitative estimate of drug-likeness (QED) is 0.874. The maximum Gasteiger partial charge on any atom is 0.303 e. The van der Waals surface area contributed by atoms with E-state index in [1.54, 1.807) is 7.11 Å². The number of hydrogen-bond acceptors (Lipinski definition) is 2. The van der Waals surface area contributed by atoms with Crippen LogP contribution in [0.2, 0.25) is 0 Å². The van der Waals surface area contributed by atoms with Crippen LogP contribution in [0.3, 0.4) is 0 Å². The zero-order chi connectivity index (χ0) is 13.1. The molecule has 0 saturated heterocycles. The Hall–Kier alpha value is -1.51. The molecule has 0 aliphatic rings. The molecule has 0 fully saturated rings. The van der Waals surface area contributed by atoms with Crippen LogP contribution in [0, 0.1) is 0 Å². The molecule has 0 saturated carbocycles. The zero-order valence-corrected chi connectivity index (χ0v) is 10.9. The summed E-state index contributed by atoms with van der Waals surface area (Å²) in [6.45, 7) is 6.40. The lowest BCUT2D eigenvalue weighted by Crippen LogP contribution is -2.12. The van der Waals surface area contributed by atoms with Crippen LogP contribution in [-0.4, -0.2) is 18.2 Å². The average Bonchev–Trinajstić information content (AvgIpc) is 2.24. The van der Waals surface area contributed by atoms with E-state index in [0.29, 0.717) is 6.42 Å². The van der Waals surface area contributed by atoms with E-state index in [1.165, 1.54) is 5.56 Å². The second-order valence-electron chi connectivity index (χ2n) is 5.17. The molecule has 0 amide bonds. The van der Waals surface area contributed by atoms with Gasteiger partial charge in [-0.3, -0.25) is 4.79 Å². The van der Waals surface area contributed by atoms with E-state index in [0.717, 1.165) is 11.3 Å². The van der Waals surface area contributed by atoms with Crippen molar-refractivity contribution in [3.8, 4) is 5.75 Å². The Bertz CT molecular complexity index is 402. The summed E-state index contributed by atoms with van der Waals surface area (Å²) < 4.78 is 5.25. The third kappa shape index (κ3) is 3.77. The molecule has 0 aromatic heterocycles. The van der Waals surface area contributed by atoms with Gasteiger partial charge in [0.25, 0.3) is 0 Å². The monoisotopic (exact) mass is 236 g/mol. The number of ether oxygens (including phenoxy) is 1. The number of methoxy groups -OCH3 is 1. The van der Waals surface area contributed by atoms with Crippen LogP contribution in [0.15, 0.2) is 18.2 Å². The molecule has 3 nitrogen and oxygen atoms in total. The number of hydrogen-bond donors (Lipinski definition) is 1. The van der Waals surface area contributed by atoms with Crippen LogP contribution in [0.25, 0.3) is 0 Å². The number of carboxylic acid groups (broad SMARTS) is 1. The fourth-order valence-corrected chi connectivity index (χ4v) is 1.68. The lowest BCUT2D eigenvalue weighted by molar-refractivity contribution is -0.136. The fraction of sp³-hybridized carbons (Fsp3) is 0.500. The van der Waals surface area contributed by atoms with E-state index in [9.17, 15) is 4.79 Å². The molecule has 1 N–H and O–H groups in total. The van der Waals surface area contributed by atoms with Crippen LogP contribution >= 0.6 is 0 Å². The van der Waals surface area contributed by atoms with Gasteiger partial charge in [0.15, 0.2) is 0 Å². The SMILES string of the molecule is COc1ccc(C(C)(C)C)cc1CCC(=O)O. The smallest absolute Gasteiger partial charge is 0.303 e. The number of aryl methyl sites for hydroxylation is 1. The first kappa shape index (κ1) is 13.6. The second kappa shape index (κ2) is 5.21. The normalized spacial score (nSPS) is 11.3. The second-order valence-corrected chi connectivity index (χ2v) is 5.17. The Balaban J connectivity index is 3.02. The third-order valence-electron chi connectivity index (χ3n) is 2.75. The summed E-state index contributed by atoms with van der Waals surface area (Å²) in [5.74, 6) is -0.0209. The molecule has 0 heterocycles. The van der Waals surface area contributed by atoms with Crippen molar-refractivity contribution in [2.75, 3.05) is 7.11 Å². The minimum absolute atomic E-state index is 0.0598. The Morgan fingerprint density at radius 2 is 2.00 bits per heavy atom.